The van der Waals surface area contributed by atoms with Crippen molar-refractivity contribution in [2.45, 2.75) is 31.3 Å². The highest BCUT2D eigenvalue weighted by Gasteiger charge is 2.38. The SMILES string of the molecule is COc1cc(/C=C2/SC(N3CCC(c4cccnc4)C3)=NC2=O)ccc1OCc1ccc(C(F)(F)F)cc1C(F)(F)F. The number of methoxy groups -OCH3 is 1. The van der Waals surface area contributed by atoms with Crippen molar-refractivity contribution in [3.05, 3.63) is 93.6 Å². The van der Waals surface area contributed by atoms with Gasteiger partial charge >= 0.3 is 12.4 Å². The van der Waals surface area contributed by atoms with Gasteiger partial charge in [-0.05, 0) is 65.7 Å². The highest BCUT2D eigenvalue weighted by atomic mass is 32.2. The third-order valence-corrected chi connectivity index (χ3v) is 7.88. The minimum Gasteiger partial charge on any atom is -0.493 e. The normalized spacial score (nSPS) is 18.5. The van der Waals surface area contributed by atoms with Gasteiger partial charge in [-0.3, -0.25) is 9.78 Å². The molecule has 0 saturated carbocycles. The Morgan fingerprint density at radius 3 is 2.55 bits per heavy atom. The lowest BCUT2D eigenvalue weighted by Gasteiger charge is -2.17. The molecule has 0 bridgehead atoms. The molecule has 3 aromatic rings. The maximum atomic E-state index is 13.5. The summed E-state index contributed by atoms with van der Waals surface area (Å²) in [4.78, 5) is 23.5. The summed E-state index contributed by atoms with van der Waals surface area (Å²) in [5, 5.41) is 0.613. The number of carbonyl (C=O) groups is 1. The lowest BCUT2D eigenvalue weighted by molar-refractivity contribution is -0.143. The molecule has 1 fully saturated rings. The fourth-order valence-electron chi connectivity index (χ4n) is 4.70. The van der Waals surface area contributed by atoms with Crippen LogP contribution in [0.2, 0.25) is 0 Å². The molecule has 13 heteroatoms. The van der Waals surface area contributed by atoms with E-state index in [1.165, 1.54) is 24.9 Å². The van der Waals surface area contributed by atoms with Crippen LogP contribution in [-0.4, -0.2) is 41.2 Å². The first-order valence-corrected chi connectivity index (χ1v) is 13.5. The van der Waals surface area contributed by atoms with Crippen molar-refractivity contribution < 1.29 is 40.6 Å². The number of pyridine rings is 1. The van der Waals surface area contributed by atoms with Crippen molar-refractivity contribution >= 4 is 28.9 Å². The first kappa shape index (κ1) is 29.5. The van der Waals surface area contributed by atoms with E-state index in [1.54, 1.807) is 24.4 Å². The molecule has 0 spiro atoms. The molecule has 5 rings (SSSR count). The van der Waals surface area contributed by atoms with Gasteiger partial charge in [-0.25, -0.2) is 0 Å². The fourth-order valence-corrected chi connectivity index (χ4v) is 5.65. The number of ether oxygens (including phenoxy) is 2. The highest BCUT2D eigenvalue weighted by Crippen LogP contribution is 2.39. The number of nitrogens with zero attached hydrogens (tertiary/aromatic N) is 3. The quantitative estimate of drug-likeness (QED) is 0.219. The van der Waals surface area contributed by atoms with Gasteiger partial charge in [-0.15, -0.1) is 0 Å². The van der Waals surface area contributed by atoms with Crippen LogP contribution in [0.4, 0.5) is 26.3 Å². The molecule has 2 aliphatic rings. The number of amidine groups is 1. The number of rotatable bonds is 6. The molecule has 220 valence electrons. The van der Waals surface area contributed by atoms with E-state index in [0.717, 1.165) is 24.6 Å². The van der Waals surface area contributed by atoms with Crippen molar-refractivity contribution in [3.8, 4) is 11.5 Å². The van der Waals surface area contributed by atoms with E-state index in [2.05, 4.69) is 14.9 Å². The topological polar surface area (TPSA) is 64.0 Å². The number of amides is 1. The van der Waals surface area contributed by atoms with E-state index < -0.39 is 35.6 Å². The molecule has 2 aromatic carbocycles. The molecule has 42 heavy (non-hydrogen) atoms. The Bertz CT molecular complexity index is 1540. The molecular weight excluding hydrogens is 584 g/mol. The molecule has 1 unspecified atom stereocenters. The van der Waals surface area contributed by atoms with Crippen LogP contribution in [-0.2, 0) is 23.8 Å². The average molecular weight is 608 g/mol. The zero-order chi connectivity index (χ0) is 30.1. The Hall–Kier alpha value is -4.00. The number of thioether (sulfide) groups is 1. The Morgan fingerprint density at radius 1 is 1.05 bits per heavy atom. The van der Waals surface area contributed by atoms with Gasteiger partial charge in [0.1, 0.15) is 6.61 Å². The fraction of sp³-hybridized carbons (Fsp3) is 0.276. The second-order valence-corrected chi connectivity index (χ2v) is 10.6. The summed E-state index contributed by atoms with van der Waals surface area (Å²) < 4.78 is 90.2. The van der Waals surface area contributed by atoms with E-state index >= 15 is 0 Å². The third-order valence-electron chi connectivity index (χ3n) is 6.84. The lowest BCUT2D eigenvalue weighted by atomic mass is 10.0. The van der Waals surface area contributed by atoms with Crippen LogP contribution >= 0.6 is 11.8 Å². The Labute approximate surface area is 241 Å². The lowest BCUT2D eigenvalue weighted by Crippen LogP contribution is -2.24. The number of aromatic nitrogens is 1. The van der Waals surface area contributed by atoms with Crippen molar-refractivity contribution in [3.63, 3.8) is 0 Å². The molecule has 3 heterocycles. The summed E-state index contributed by atoms with van der Waals surface area (Å²) in [6.45, 7) is 0.818. The van der Waals surface area contributed by atoms with Gasteiger partial charge in [0.2, 0.25) is 0 Å². The largest absolute Gasteiger partial charge is 0.493 e. The summed E-state index contributed by atoms with van der Waals surface area (Å²) in [6.07, 6.45) is -3.83. The second kappa shape index (κ2) is 11.7. The monoisotopic (exact) mass is 607 g/mol. The number of hydrogen-bond acceptors (Lipinski definition) is 6. The van der Waals surface area contributed by atoms with E-state index in [4.69, 9.17) is 9.47 Å². The Balaban J connectivity index is 1.27. The van der Waals surface area contributed by atoms with Crippen LogP contribution in [0.15, 0.2) is 70.8 Å². The number of aliphatic imine (C=N–C) groups is 1. The first-order valence-electron chi connectivity index (χ1n) is 12.7. The highest BCUT2D eigenvalue weighted by molar-refractivity contribution is 8.18. The standard InChI is InChI=1S/C29H23F6N3O3S/c1-40-24-11-17(4-7-23(24)41-16-20-5-6-21(28(30,31)32)13-22(20)29(33,34)35)12-25-26(39)37-27(42-25)38-10-8-19(15-38)18-3-2-9-36-14-18/h2-7,9,11-14,19H,8,10,15-16H2,1H3/b25-12+. The average Bonchev–Trinajstić information content (AvgIpc) is 3.59. The maximum Gasteiger partial charge on any atom is 0.416 e. The predicted molar refractivity (Wildman–Crippen MR) is 145 cm³/mol. The van der Waals surface area contributed by atoms with Gasteiger partial charge < -0.3 is 14.4 Å². The summed E-state index contributed by atoms with van der Waals surface area (Å²) in [6, 6.07) is 9.89. The molecule has 1 aromatic heterocycles. The molecule has 2 aliphatic heterocycles. The van der Waals surface area contributed by atoms with Crippen LogP contribution in [0.25, 0.3) is 6.08 Å². The molecule has 6 nitrogen and oxygen atoms in total. The molecule has 0 aliphatic carbocycles. The van der Waals surface area contributed by atoms with Gasteiger partial charge in [0.25, 0.3) is 5.91 Å². The van der Waals surface area contributed by atoms with Crippen LogP contribution in [0, 0.1) is 0 Å². The number of hydrogen-bond donors (Lipinski definition) is 0. The summed E-state index contributed by atoms with van der Waals surface area (Å²) >= 11 is 1.25. The van der Waals surface area contributed by atoms with E-state index in [0.29, 0.717) is 28.2 Å². The summed E-state index contributed by atoms with van der Waals surface area (Å²) in [5.74, 6) is 0.145. The zero-order valence-corrected chi connectivity index (χ0v) is 22.8. The minimum absolute atomic E-state index is 0.0684. The zero-order valence-electron chi connectivity index (χ0n) is 22.0. The van der Waals surface area contributed by atoms with Crippen LogP contribution < -0.4 is 9.47 Å². The van der Waals surface area contributed by atoms with Gasteiger partial charge in [-0.1, -0.05) is 18.2 Å². The number of likely N-dealkylation sites (tertiary alicyclic amines) is 1. The van der Waals surface area contributed by atoms with Gasteiger partial charge in [0.15, 0.2) is 16.7 Å². The van der Waals surface area contributed by atoms with Crippen LogP contribution in [0.1, 0.15) is 40.2 Å². The molecule has 0 radical (unpaired) electrons. The van der Waals surface area contributed by atoms with E-state index in [1.807, 2.05) is 18.3 Å². The smallest absolute Gasteiger partial charge is 0.416 e. The number of benzene rings is 2. The molecule has 0 N–H and O–H groups in total. The Morgan fingerprint density at radius 2 is 1.86 bits per heavy atom. The van der Waals surface area contributed by atoms with Crippen molar-refractivity contribution in [2.24, 2.45) is 4.99 Å². The second-order valence-electron chi connectivity index (χ2n) is 9.59. The minimum atomic E-state index is -5.01. The number of alkyl halides is 6. The third kappa shape index (κ3) is 6.56. The van der Waals surface area contributed by atoms with Gasteiger partial charge in [0.05, 0.1) is 23.1 Å². The van der Waals surface area contributed by atoms with Gasteiger partial charge in [-0.2, -0.15) is 31.3 Å². The molecule has 1 amide bonds. The van der Waals surface area contributed by atoms with E-state index in [9.17, 15) is 31.1 Å². The first-order chi connectivity index (χ1) is 19.9. The maximum absolute atomic E-state index is 13.5. The van der Waals surface area contributed by atoms with Crippen LogP contribution in [0.3, 0.4) is 0 Å². The summed E-state index contributed by atoms with van der Waals surface area (Å²) in [5.41, 5.74) is -1.61. The van der Waals surface area contributed by atoms with E-state index in [-0.39, 0.29) is 29.4 Å². The van der Waals surface area contributed by atoms with Crippen LogP contribution in [0.5, 0.6) is 11.5 Å². The molecular formula is C29H23F6N3O3S. The van der Waals surface area contributed by atoms with Crippen molar-refractivity contribution in [2.75, 3.05) is 20.2 Å². The predicted octanol–water partition coefficient (Wildman–Crippen LogP) is 7.17. The van der Waals surface area contributed by atoms with Crippen molar-refractivity contribution in [1.29, 1.82) is 0 Å². The summed E-state index contributed by atoms with van der Waals surface area (Å²) in [7, 11) is 1.33. The number of halogens is 6. The van der Waals surface area contributed by atoms with Gasteiger partial charge in [0, 0.05) is 37.0 Å². The number of carbonyl (C=O) groups excluding carboxylic acids is 1. The molecule has 1 atom stereocenters. The Kier molecular flexibility index (Phi) is 8.22. The van der Waals surface area contributed by atoms with Crippen molar-refractivity contribution in [1.82, 2.24) is 9.88 Å². The molecule has 1 saturated heterocycles.